The van der Waals surface area contributed by atoms with E-state index in [1.54, 1.807) is 5.56 Å². The van der Waals surface area contributed by atoms with Gasteiger partial charge in [-0.15, -0.1) is 0 Å². The number of benzene rings is 1. The van der Waals surface area contributed by atoms with Crippen LogP contribution >= 0.6 is 0 Å². The van der Waals surface area contributed by atoms with Crippen molar-refractivity contribution in [2.24, 2.45) is 0 Å². The number of rotatable bonds is 3. The van der Waals surface area contributed by atoms with E-state index in [1.807, 2.05) is 0 Å². The smallest absolute Gasteiger partial charge is 0.00129 e. The van der Waals surface area contributed by atoms with E-state index in [9.17, 15) is 0 Å². The molecule has 0 aromatic heterocycles. The Labute approximate surface area is 99.5 Å². The van der Waals surface area contributed by atoms with E-state index in [2.05, 4.69) is 43.0 Å². The lowest BCUT2D eigenvalue weighted by molar-refractivity contribution is 0.213. The second-order valence-corrected chi connectivity index (χ2v) is 5.03. The predicted molar refractivity (Wildman–Crippen MR) is 69.9 cm³/mol. The van der Waals surface area contributed by atoms with Gasteiger partial charge in [-0.05, 0) is 57.3 Å². The van der Waals surface area contributed by atoms with Gasteiger partial charge in [-0.2, -0.15) is 0 Å². The van der Waals surface area contributed by atoms with Crippen LogP contribution in [0, 0.1) is 6.92 Å². The van der Waals surface area contributed by atoms with E-state index < -0.39 is 0 Å². The Morgan fingerprint density at radius 3 is 2.31 bits per heavy atom. The van der Waals surface area contributed by atoms with Crippen molar-refractivity contribution in [3.63, 3.8) is 0 Å². The van der Waals surface area contributed by atoms with E-state index >= 15 is 0 Å². The third kappa shape index (κ3) is 2.85. The zero-order chi connectivity index (χ0) is 11.4. The maximum atomic E-state index is 2.60. The summed E-state index contributed by atoms with van der Waals surface area (Å²) in [7, 11) is 0. The molecule has 0 atom stereocenters. The van der Waals surface area contributed by atoms with Gasteiger partial charge in [-0.25, -0.2) is 0 Å². The normalized spacial score (nSPS) is 18.9. The summed E-state index contributed by atoms with van der Waals surface area (Å²) in [5.74, 6) is 0.800. The van der Waals surface area contributed by atoms with Crippen LogP contribution in [0.4, 0.5) is 0 Å². The largest absolute Gasteiger partial charge is 0.303 e. The van der Waals surface area contributed by atoms with Gasteiger partial charge < -0.3 is 4.90 Å². The fraction of sp³-hybridized carbons (Fsp3) is 0.600. The van der Waals surface area contributed by atoms with Crippen LogP contribution in [-0.4, -0.2) is 24.5 Å². The first-order chi connectivity index (χ1) is 7.79. The molecule has 0 N–H and O–H groups in total. The average Bonchev–Trinajstić information content (AvgIpc) is 2.32. The summed E-state index contributed by atoms with van der Waals surface area (Å²) >= 11 is 0. The van der Waals surface area contributed by atoms with Crippen molar-refractivity contribution in [2.45, 2.75) is 39.0 Å². The first-order valence-electron chi connectivity index (χ1n) is 6.58. The molecule has 1 aromatic rings. The Hall–Kier alpha value is -0.820. The van der Waals surface area contributed by atoms with E-state index in [-0.39, 0.29) is 0 Å². The fourth-order valence-corrected chi connectivity index (χ4v) is 2.64. The van der Waals surface area contributed by atoms with Crippen molar-refractivity contribution in [2.75, 3.05) is 19.6 Å². The van der Waals surface area contributed by atoms with Crippen molar-refractivity contribution in [1.29, 1.82) is 0 Å². The molecule has 1 aliphatic heterocycles. The molecular formula is C15H23N. The maximum Gasteiger partial charge on any atom is -0.00129 e. The highest BCUT2D eigenvalue weighted by molar-refractivity contribution is 5.24. The molecule has 16 heavy (non-hydrogen) atoms. The Balaban J connectivity index is 1.91. The highest BCUT2D eigenvalue weighted by Crippen LogP contribution is 2.27. The first kappa shape index (κ1) is 11.7. The van der Waals surface area contributed by atoms with Crippen LogP contribution in [0.1, 0.15) is 43.2 Å². The average molecular weight is 217 g/mol. The molecule has 1 aliphatic rings. The number of hydrogen-bond donors (Lipinski definition) is 0. The minimum absolute atomic E-state index is 0.800. The van der Waals surface area contributed by atoms with Gasteiger partial charge in [0.1, 0.15) is 0 Å². The number of piperidine rings is 1. The molecular weight excluding hydrogens is 194 g/mol. The van der Waals surface area contributed by atoms with Crippen molar-refractivity contribution in [3.8, 4) is 0 Å². The van der Waals surface area contributed by atoms with Gasteiger partial charge in [0.15, 0.2) is 0 Å². The summed E-state index contributed by atoms with van der Waals surface area (Å²) in [4.78, 5) is 2.60. The van der Waals surface area contributed by atoms with Crippen LogP contribution in [0.25, 0.3) is 0 Å². The topological polar surface area (TPSA) is 3.24 Å². The van der Waals surface area contributed by atoms with Crippen molar-refractivity contribution < 1.29 is 0 Å². The van der Waals surface area contributed by atoms with Crippen LogP contribution in [0.3, 0.4) is 0 Å². The molecule has 0 saturated carbocycles. The van der Waals surface area contributed by atoms with Crippen molar-refractivity contribution >= 4 is 0 Å². The summed E-state index contributed by atoms with van der Waals surface area (Å²) in [6.45, 7) is 8.28. The Morgan fingerprint density at radius 2 is 1.75 bits per heavy atom. The minimum Gasteiger partial charge on any atom is -0.303 e. The SMILES string of the molecule is CCCN1CCC(c2ccc(C)cc2)CC1. The van der Waals surface area contributed by atoms with Crippen molar-refractivity contribution in [1.82, 2.24) is 4.90 Å². The van der Waals surface area contributed by atoms with Gasteiger partial charge in [-0.3, -0.25) is 0 Å². The van der Waals surface area contributed by atoms with E-state index in [0.717, 1.165) is 5.92 Å². The molecule has 0 spiro atoms. The summed E-state index contributed by atoms with van der Waals surface area (Å²) in [6, 6.07) is 9.12. The van der Waals surface area contributed by atoms with Crippen LogP contribution in [0.15, 0.2) is 24.3 Å². The van der Waals surface area contributed by atoms with Crippen LogP contribution in [0.5, 0.6) is 0 Å². The summed E-state index contributed by atoms with van der Waals surface area (Å²) in [6.07, 6.45) is 3.96. The predicted octanol–water partition coefficient (Wildman–Crippen LogP) is 3.58. The highest BCUT2D eigenvalue weighted by atomic mass is 15.1. The number of nitrogens with zero attached hydrogens (tertiary/aromatic N) is 1. The molecule has 1 heteroatoms. The minimum atomic E-state index is 0.800. The molecule has 1 heterocycles. The lowest BCUT2D eigenvalue weighted by atomic mass is 9.89. The van der Waals surface area contributed by atoms with Crippen LogP contribution < -0.4 is 0 Å². The summed E-state index contributed by atoms with van der Waals surface area (Å²) in [5.41, 5.74) is 2.91. The molecule has 1 aromatic carbocycles. The molecule has 0 bridgehead atoms. The number of hydrogen-bond acceptors (Lipinski definition) is 1. The lowest BCUT2D eigenvalue weighted by Gasteiger charge is -2.31. The molecule has 1 fully saturated rings. The second kappa shape index (κ2) is 5.49. The first-order valence-corrected chi connectivity index (χ1v) is 6.58. The molecule has 1 nitrogen and oxygen atoms in total. The molecule has 0 unspecified atom stereocenters. The maximum absolute atomic E-state index is 2.60. The Kier molecular flexibility index (Phi) is 4.00. The fourth-order valence-electron chi connectivity index (χ4n) is 2.64. The van der Waals surface area contributed by atoms with Crippen LogP contribution in [0.2, 0.25) is 0 Å². The Bertz CT molecular complexity index is 307. The second-order valence-electron chi connectivity index (χ2n) is 5.03. The lowest BCUT2D eigenvalue weighted by Crippen LogP contribution is -2.33. The molecule has 0 aliphatic carbocycles. The van der Waals surface area contributed by atoms with Gasteiger partial charge in [-0.1, -0.05) is 36.8 Å². The van der Waals surface area contributed by atoms with E-state index in [4.69, 9.17) is 0 Å². The van der Waals surface area contributed by atoms with Crippen LogP contribution in [-0.2, 0) is 0 Å². The van der Waals surface area contributed by atoms with E-state index in [0.29, 0.717) is 0 Å². The highest BCUT2D eigenvalue weighted by Gasteiger charge is 2.19. The van der Waals surface area contributed by atoms with Gasteiger partial charge in [0.05, 0.1) is 0 Å². The number of aryl methyl sites for hydroxylation is 1. The molecule has 88 valence electrons. The third-order valence-electron chi connectivity index (χ3n) is 3.68. The number of likely N-dealkylation sites (tertiary alicyclic amines) is 1. The third-order valence-corrected chi connectivity index (χ3v) is 3.68. The Morgan fingerprint density at radius 1 is 1.12 bits per heavy atom. The van der Waals surface area contributed by atoms with Gasteiger partial charge in [0, 0.05) is 0 Å². The standard InChI is InChI=1S/C15H23N/c1-3-10-16-11-8-15(9-12-16)14-6-4-13(2)5-7-14/h4-7,15H,3,8-12H2,1-2H3. The monoisotopic (exact) mass is 217 g/mol. The summed E-state index contributed by atoms with van der Waals surface area (Å²) < 4.78 is 0. The zero-order valence-corrected chi connectivity index (χ0v) is 10.6. The van der Waals surface area contributed by atoms with Crippen molar-refractivity contribution in [3.05, 3.63) is 35.4 Å². The van der Waals surface area contributed by atoms with E-state index in [1.165, 1.54) is 44.5 Å². The molecule has 0 radical (unpaired) electrons. The molecule has 0 amide bonds. The van der Waals surface area contributed by atoms with Gasteiger partial charge in [0.2, 0.25) is 0 Å². The zero-order valence-electron chi connectivity index (χ0n) is 10.6. The quantitative estimate of drug-likeness (QED) is 0.748. The molecule has 2 rings (SSSR count). The van der Waals surface area contributed by atoms with Gasteiger partial charge in [0.25, 0.3) is 0 Å². The van der Waals surface area contributed by atoms with Gasteiger partial charge >= 0.3 is 0 Å². The molecule has 1 saturated heterocycles. The summed E-state index contributed by atoms with van der Waals surface area (Å²) in [5, 5.41) is 0.